The number of fused-ring (bicyclic) bond motifs is 1. The minimum atomic E-state index is 0.187. The maximum atomic E-state index is 13.1. The second-order valence-corrected chi connectivity index (χ2v) is 6.52. The van der Waals surface area contributed by atoms with Gasteiger partial charge in [-0.25, -0.2) is 0 Å². The summed E-state index contributed by atoms with van der Waals surface area (Å²) in [5.41, 5.74) is 4.51. The zero-order chi connectivity index (χ0) is 16.6. The Hall–Kier alpha value is -1.81. The first kappa shape index (κ1) is 16.1. The SMILES string of the molecule is CCc1ccc2c(c1)c(C)c(C(=O)N1CCN(C)CC1)n2CC. The standard InChI is InChI=1S/C19H27N3O/c1-5-15-7-8-17-16(13-15)14(3)18(22(17)6-2)19(23)21-11-9-20(4)10-12-21/h7-8,13H,5-6,9-12H2,1-4H3. The Morgan fingerprint density at radius 2 is 1.83 bits per heavy atom. The molecule has 23 heavy (non-hydrogen) atoms. The van der Waals surface area contributed by atoms with Crippen LogP contribution in [0.25, 0.3) is 10.9 Å². The molecule has 4 heteroatoms. The van der Waals surface area contributed by atoms with Gasteiger partial charge < -0.3 is 14.4 Å². The highest BCUT2D eigenvalue weighted by Crippen LogP contribution is 2.28. The van der Waals surface area contributed by atoms with Gasteiger partial charge in [0.25, 0.3) is 5.91 Å². The summed E-state index contributed by atoms with van der Waals surface area (Å²) in [5, 5.41) is 1.23. The first-order chi connectivity index (χ1) is 11.1. The van der Waals surface area contributed by atoms with Gasteiger partial charge in [-0.3, -0.25) is 4.79 Å². The fourth-order valence-electron chi connectivity index (χ4n) is 3.55. The Balaban J connectivity index is 2.05. The van der Waals surface area contributed by atoms with E-state index in [-0.39, 0.29) is 5.91 Å². The van der Waals surface area contributed by atoms with E-state index in [1.165, 1.54) is 16.5 Å². The van der Waals surface area contributed by atoms with Crippen molar-refractivity contribution in [1.82, 2.24) is 14.4 Å². The molecular weight excluding hydrogens is 286 g/mol. The molecule has 1 fully saturated rings. The summed E-state index contributed by atoms with van der Waals surface area (Å²) in [4.78, 5) is 17.4. The highest BCUT2D eigenvalue weighted by atomic mass is 16.2. The van der Waals surface area contributed by atoms with Crippen LogP contribution in [0.15, 0.2) is 18.2 Å². The van der Waals surface area contributed by atoms with Gasteiger partial charge in [-0.15, -0.1) is 0 Å². The number of nitrogens with zero attached hydrogens (tertiary/aromatic N) is 3. The van der Waals surface area contributed by atoms with E-state index >= 15 is 0 Å². The summed E-state index contributed by atoms with van der Waals surface area (Å²) in [6, 6.07) is 6.60. The molecule has 1 aliphatic heterocycles. The van der Waals surface area contributed by atoms with Crippen molar-refractivity contribution in [2.24, 2.45) is 0 Å². The van der Waals surface area contributed by atoms with Gasteiger partial charge in [0.1, 0.15) is 5.69 Å². The summed E-state index contributed by atoms with van der Waals surface area (Å²) in [6.07, 6.45) is 1.02. The van der Waals surface area contributed by atoms with E-state index in [1.54, 1.807) is 0 Å². The predicted molar refractivity (Wildman–Crippen MR) is 95.1 cm³/mol. The third-order valence-corrected chi connectivity index (χ3v) is 5.10. The van der Waals surface area contributed by atoms with Gasteiger partial charge in [-0.1, -0.05) is 13.0 Å². The Kier molecular flexibility index (Phi) is 4.44. The Bertz CT molecular complexity index is 724. The summed E-state index contributed by atoms with van der Waals surface area (Å²) in [5.74, 6) is 0.187. The van der Waals surface area contributed by atoms with Crippen LogP contribution < -0.4 is 0 Å². The average molecular weight is 313 g/mol. The third-order valence-electron chi connectivity index (χ3n) is 5.10. The van der Waals surface area contributed by atoms with Crippen molar-refractivity contribution < 1.29 is 4.79 Å². The highest BCUT2D eigenvalue weighted by Gasteiger charge is 2.26. The molecular formula is C19H27N3O. The first-order valence-corrected chi connectivity index (χ1v) is 8.66. The molecule has 124 valence electrons. The van der Waals surface area contributed by atoms with Gasteiger partial charge in [-0.2, -0.15) is 0 Å². The van der Waals surface area contributed by atoms with Crippen LogP contribution in [0, 0.1) is 6.92 Å². The van der Waals surface area contributed by atoms with E-state index < -0.39 is 0 Å². The fourth-order valence-corrected chi connectivity index (χ4v) is 3.55. The van der Waals surface area contributed by atoms with Crippen LogP contribution in [0.3, 0.4) is 0 Å². The fraction of sp³-hybridized carbons (Fsp3) is 0.526. The van der Waals surface area contributed by atoms with Gasteiger partial charge in [0.15, 0.2) is 0 Å². The molecule has 3 rings (SSSR count). The highest BCUT2D eigenvalue weighted by molar-refractivity contribution is 6.01. The molecule has 0 aliphatic carbocycles. The molecule has 2 heterocycles. The van der Waals surface area contributed by atoms with Gasteiger partial charge in [0, 0.05) is 43.6 Å². The van der Waals surface area contributed by atoms with Crippen LogP contribution in [0.5, 0.6) is 0 Å². The topological polar surface area (TPSA) is 28.5 Å². The lowest BCUT2D eigenvalue weighted by Crippen LogP contribution is -2.47. The van der Waals surface area contributed by atoms with Crippen molar-refractivity contribution >= 4 is 16.8 Å². The van der Waals surface area contributed by atoms with Crippen molar-refractivity contribution in [3.05, 3.63) is 35.0 Å². The molecule has 1 aliphatic rings. The molecule has 0 bridgehead atoms. The lowest BCUT2D eigenvalue weighted by atomic mass is 10.1. The summed E-state index contributed by atoms with van der Waals surface area (Å²) in [7, 11) is 2.11. The normalized spacial score (nSPS) is 16.3. The molecule has 0 spiro atoms. The molecule has 4 nitrogen and oxygen atoms in total. The maximum Gasteiger partial charge on any atom is 0.270 e. The lowest BCUT2D eigenvalue weighted by Gasteiger charge is -2.32. The molecule has 0 saturated carbocycles. The van der Waals surface area contributed by atoms with Gasteiger partial charge in [-0.05, 0) is 50.6 Å². The minimum Gasteiger partial charge on any atom is -0.337 e. The average Bonchev–Trinajstić information content (AvgIpc) is 2.86. The summed E-state index contributed by atoms with van der Waals surface area (Å²) < 4.78 is 2.19. The predicted octanol–water partition coefficient (Wildman–Crippen LogP) is 2.92. The number of benzene rings is 1. The van der Waals surface area contributed by atoms with Crippen molar-refractivity contribution in [2.75, 3.05) is 33.2 Å². The number of carbonyl (C=O) groups is 1. The molecule has 1 aromatic heterocycles. The van der Waals surface area contributed by atoms with E-state index in [4.69, 9.17) is 0 Å². The van der Waals surface area contributed by atoms with Gasteiger partial charge in [0.05, 0.1) is 0 Å². The van der Waals surface area contributed by atoms with Crippen LogP contribution in [0.2, 0.25) is 0 Å². The quantitative estimate of drug-likeness (QED) is 0.871. The largest absolute Gasteiger partial charge is 0.337 e. The number of rotatable bonds is 3. The summed E-state index contributed by atoms with van der Waals surface area (Å²) in [6.45, 7) is 10.8. The number of aryl methyl sites for hydroxylation is 3. The van der Waals surface area contributed by atoms with E-state index in [1.807, 2.05) is 4.90 Å². The summed E-state index contributed by atoms with van der Waals surface area (Å²) >= 11 is 0. The Morgan fingerprint density at radius 3 is 2.43 bits per heavy atom. The second kappa shape index (κ2) is 6.36. The number of amides is 1. The Morgan fingerprint density at radius 1 is 1.13 bits per heavy atom. The molecule has 0 atom stereocenters. The smallest absolute Gasteiger partial charge is 0.270 e. The number of hydrogen-bond acceptors (Lipinski definition) is 2. The zero-order valence-electron chi connectivity index (χ0n) is 14.7. The lowest BCUT2D eigenvalue weighted by molar-refractivity contribution is 0.0653. The van der Waals surface area contributed by atoms with E-state index in [0.29, 0.717) is 0 Å². The number of hydrogen-bond donors (Lipinski definition) is 0. The zero-order valence-corrected chi connectivity index (χ0v) is 14.7. The molecule has 0 N–H and O–H groups in total. The third kappa shape index (κ3) is 2.76. The molecule has 0 unspecified atom stereocenters. The van der Waals surface area contributed by atoms with Crippen molar-refractivity contribution in [3.63, 3.8) is 0 Å². The van der Waals surface area contributed by atoms with E-state index in [2.05, 4.69) is 55.5 Å². The van der Waals surface area contributed by atoms with Crippen molar-refractivity contribution in [3.8, 4) is 0 Å². The van der Waals surface area contributed by atoms with Gasteiger partial charge in [0.2, 0.25) is 0 Å². The van der Waals surface area contributed by atoms with Gasteiger partial charge >= 0.3 is 0 Å². The second-order valence-electron chi connectivity index (χ2n) is 6.52. The van der Waals surface area contributed by atoms with Crippen molar-refractivity contribution in [2.45, 2.75) is 33.7 Å². The van der Waals surface area contributed by atoms with Crippen LogP contribution in [0.1, 0.15) is 35.5 Å². The van der Waals surface area contributed by atoms with Crippen LogP contribution in [0.4, 0.5) is 0 Å². The maximum absolute atomic E-state index is 13.1. The van der Waals surface area contributed by atoms with Crippen molar-refractivity contribution in [1.29, 1.82) is 0 Å². The number of piperazine rings is 1. The number of aromatic nitrogens is 1. The van der Waals surface area contributed by atoms with Crippen LogP contribution in [-0.4, -0.2) is 53.5 Å². The van der Waals surface area contributed by atoms with Crippen LogP contribution in [-0.2, 0) is 13.0 Å². The molecule has 2 aromatic rings. The van der Waals surface area contributed by atoms with E-state index in [0.717, 1.165) is 50.4 Å². The molecule has 1 saturated heterocycles. The molecule has 1 amide bonds. The number of likely N-dealkylation sites (N-methyl/N-ethyl adjacent to an activating group) is 1. The molecule has 1 aromatic carbocycles. The van der Waals surface area contributed by atoms with Crippen LogP contribution >= 0.6 is 0 Å². The monoisotopic (exact) mass is 313 g/mol. The minimum absolute atomic E-state index is 0.187. The number of carbonyl (C=O) groups excluding carboxylic acids is 1. The first-order valence-electron chi connectivity index (χ1n) is 8.66. The van der Waals surface area contributed by atoms with E-state index in [9.17, 15) is 4.79 Å². The Labute approximate surface area is 138 Å². The molecule has 0 radical (unpaired) electrons.